The van der Waals surface area contributed by atoms with Gasteiger partial charge < -0.3 is 8.83 Å². The van der Waals surface area contributed by atoms with Crippen molar-refractivity contribution in [2.75, 3.05) is 0 Å². The number of hydrogen-bond acceptors (Lipinski definition) is 6. The Labute approximate surface area is 193 Å². The monoisotopic (exact) mass is 432 g/mol. The Bertz CT molecular complexity index is 1400. The van der Waals surface area contributed by atoms with Crippen LogP contribution in [0, 0.1) is 0 Å². The molecule has 3 aromatic carbocycles. The molecule has 0 unspecified atom stereocenters. The lowest BCUT2D eigenvalue weighted by Crippen LogP contribution is -2.10. The summed E-state index contributed by atoms with van der Waals surface area (Å²) in [6, 6.07) is 23.0. The second-order valence-corrected chi connectivity index (χ2v) is 8.85. The minimum atomic E-state index is 0.0848. The predicted octanol–water partition coefficient (Wildman–Crippen LogP) is 5.21. The maximum absolute atomic E-state index is 5.96. The molecule has 0 spiro atoms. The van der Waals surface area contributed by atoms with Gasteiger partial charge in [-0.2, -0.15) is 0 Å². The summed E-state index contributed by atoms with van der Waals surface area (Å²) in [4.78, 5) is 0. The Balaban J connectivity index is 1.40. The second-order valence-electron chi connectivity index (χ2n) is 8.85. The molecule has 0 fully saturated rings. The molecule has 0 atom stereocenters. The van der Waals surface area contributed by atoms with E-state index in [-0.39, 0.29) is 5.41 Å². The van der Waals surface area contributed by atoms with Crippen LogP contribution in [0.3, 0.4) is 0 Å². The summed E-state index contributed by atoms with van der Waals surface area (Å²) in [5.74, 6) is 1.72. The molecule has 5 rings (SSSR count). The lowest BCUT2D eigenvalue weighted by molar-refractivity contribution is 0.581. The summed E-state index contributed by atoms with van der Waals surface area (Å²) < 4.78 is 11.8. The molecule has 2 heterocycles. The lowest BCUT2D eigenvalue weighted by Gasteiger charge is -2.18. The van der Waals surface area contributed by atoms with Crippen molar-refractivity contribution >= 4 is 13.3 Å². The topological polar surface area (TPSA) is 77.8 Å². The van der Waals surface area contributed by atoms with Gasteiger partial charge in [0.05, 0.1) is 0 Å². The zero-order valence-electron chi connectivity index (χ0n) is 18.6. The lowest BCUT2D eigenvalue weighted by atomic mass is 9.87. The Hall–Kier alpha value is -4.00. The van der Waals surface area contributed by atoms with E-state index in [1.165, 1.54) is 5.56 Å². The molecular weight excluding hydrogens is 411 g/mol. The van der Waals surface area contributed by atoms with Crippen molar-refractivity contribution < 1.29 is 8.83 Å². The first-order chi connectivity index (χ1) is 15.9. The molecule has 2 radical (unpaired) electrons. The van der Waals surface area contributed by atoms with Crippen LogP contribution in [0.4, 0.5) is 0 Å². The number of nitrogens with zero attached hydrogens (tertiary/aromatic N) is 4. The molecule has 0 aliphatic rings. The molecule has 0 bridgehead atoms. The standard InChI is InChI=1S/C26H21BN4O2/c1-26(2,3)20-11-7-16(8-12-20)22-28-30-24(32-22)18-5-4-6-19(15-18)25-31-29-23(33-25)17-9-13-21(27)14-10-17/h4-15H,1-3H3. The van der Waals surface area contributed by atoms with Gasteiger partial charge in [-0.25, -0.2) is 0 Å². The minimum absolute atomic E-state index is 0.0848. The van der Waals surface area contributed by atoms with Crippen molar-refractivity contribution in [3.8, 4) is 45.8 Å². The SMILES string of the molecule is [B]c1ccc(-c2nnc(-c3cccc(-c4nnc(-c5ccc(C(C)(C)C)cc5)o4)c3)o2)cc1. The second kappa shape index (κ2) is 8.17. The van der Waals surface area contributed by atoms with Crippen LogP contribution in [0.2, 0.25) is 0 Å². The van der Waals surface area contributed by atoms with Crippen LogP contribution in [-0.2, 0) is 5.41 Å². The van der Waals surface area contributed by atoms with Crippen LogP contribution in [0.5, 0.6) is 0 Å². The zero-order valence-corrected chi connectivity index (χ0v) is 18.6. The van der Waals surface area contributed by atoms with Crippen LogP contribution in [0.1, 0.15) is 26.3 Å². The Morgan fingerprint density at radius 2 is 1.00 bits per heavy atom. The van der Waals surface area contributed by atoms with Gasteiger partial charge in [0.1, 0.15) is 7.85 Å². The largest absolute Gasteiger partial charge is 0.416 e. The van der Waals surface area contributed by atoms with E-state index in [9.17, 15) is 0 Å². The van der Waals surface area contributed by atoms with Crippen LogP contribution in [0.25, 0.3) is 45.8 Å². The average molecular weight is 432 g/mol. The van der Waals surface area contributed by atoms with Gasteiger partial charge in [0, 0.05) is 22.3 Å². The first-order valence-corrected chi connectivity index (χ1v) is 10.6. The number of hydrogen-bond donors (Lipinski definition) is 0. The Morgan fingerprint density at radius 1 is 0.576 bits per heavy atom. The van der Waals surface area contributed by atoms with E-state index in [1.54, 1.807) is 12.1 Å². The van der Waals surface area contributed by atoms with Crippen LogP contribution in [-0.4, -0.2) is 28.2 Å². The fourth-order valence-electron chi connectivity index (χ4n) is 3.44. The molecule has 7 heteroatoms. The quantitative estimate of drug-likeness (QED) is 0.363. The molecule has 2 aromatic heterocycles. The number of benzene rings is 3. The first-order valence-electron chi connectivity index (χ1n) is 10.6. The van der Waals surface area contributed by atoms with E-state index < -0.39 is 0 Å². The molecule has 160 valence electrons. The molecule has 0 N–H and O–H groups in total. The van der Waals surface area contributed by atoms with Gasteiger partial charge in [-0.05, 0) is 41.3 Å². The van der Waals surface area contributed by atoms with Crippen molar-refractivity contribution in [2.24, 2.45) is 0 Å². The van der Waals surface area contributed by atoms with E-state index >= 15 is 0 Å². The van der Waals surface area contributed by atoms with Crippen LogP contribution < -0.4 is 5.46 Å². The Morgan fingerprint density at radius 3 is 1.45 bits per heavy atom. The molecule has 0 aliphatic heterocycles. The smallest absolute Gasteiger partial charge is 0.248 e. The normalized spacial score (nSPS) is 11.6. The van der Waals surface area contributed by atoms with Gasteiger partial charge in [0.2, 0.25) is 23.6 Å². The number of rotatable bonds is 4. The molecule has 0 amide bonds. The molecule has 0 saturated carbocycles. The fourth-order valence-corrected chi connectivity index (χ4v) is 3.44. The highest BCUT2D eigenvalue weighted by Crippen LogP contribution is 2.30. The van der Waals surface area contributed by atoms with Gasteiger partial charge in [-0.3, -0.25) is 0 Å². The Kier molecular flexibility index (Phi) is 5.17. The third-order valence-electron chi connectivity index (χ3n) is 5.36. The molecular formula is C26H21BN4O2. The van der Waals surface area contributed by atoms with Gasteiger partial charge in [-0.15, -0.1) is 20.4 Å². The third kappa shape index (κ3) is 4.35. The summed E-state index contributed by atoms with van der Waals surface area (Å²) in [6.07, 6.45) is 0. The summed E-state index contributed by atoms with van der Waals surface area (Å²) in [6.45, 7) is 6.55. The fraction of sp³-hybridized carbons (Fsp3) is 0.154. The summed E-state index contributed by atoms with van der Waals surface area (Å²) >= 11 is 0. The van der Waals surface area contributed by atoms with Crippen molar-refractivity contribution in [3.63, 3.8) is 0 Å². The molecule has 0 aliphatic carbocycles. The molecule has 0 saturated heterocycles. The van der Waals surface area contributed by atoms with Gasteiger partial charge in [-0.1, -0.05) is 68.7 Å². The summed E-state index contributed by atoms with van der Waals surface area (Å²) in [5.41, 5.74) is 5.22. The minimum Gasteiger partial charge on any atom is -0.416 e. The van der Waals surface area contributed by atoms with Crippen LogP contribution in [0.15, 0.2) is 81.6 Å². The van der Waals surface area contributed by atoms with Gasteiger partial charge in [0.15, 0.2) is 0 Å². The maximum Gasteiger partial charge on any atom is 0.248 e. The van der Waals surface area contributed by atoms with Crippen molar-refractivity contribution in [2.45, 2.75) is 26.2 Å². The van der Waals surface area contributed by atoms with Gasteiger partial charge in [0.25, 0.3) is 0 Å². The van der Waals surface area contributed by atoms with Crippen molar-refractivity contribution in [1.29, 1.82) is 0 Å². The highest BCUT2D eigenvalue weighted by molar-refractivity contribution is 6.32. The average Bonchev–Trinajstić information content (AvgIpc) is 3.50. The first kappa shape index (κ1) is 20.9. The molecule has 33 heavy (non-hydrogen) atoms. The number of aromatic nitrogens is 4. The third-order valence-corrected chi connectivity index (χ3v) is 5.36. The predicted molar refractivity (Wildman–Crippen MR) is 128 cm³/mol. The van der Waals surface area contributed by atoms with E-state index in [0.717, 1.165) is 22.3 Å². The van der Waals surface area contributed by atoms with Crippen molar-refractivity contribution in [1.82, 2.24) is 20.4 Å². The molecule has 5 aromatic rings. The van der Waals surface area contributed by atoms with E-state index in [2.05, 4.69) is 53.3 Å². The van der Waals surface area contributed by atoms with Crippen LogP contribution >= 0.6 is 0 Å². The summed E-state index contributed by atoms with van der Waals surface area (Å²) in [5, 5.41) is 16.8. The highest BCUT2D eigenvalue weighted by atomic mass is 16.4. The van der Waals surface area contributed by atoms with E-state index in [1.807, 2.05) is 48.5 Å². The van der Waals surface area contributed by atoms with Crippen molar-refractivity contribution in [3.05, 3.63) is 78.4 Å². The summed E-state index contributed by atoms with van der Waals surface area (Å²) in [7, 11) is 5.75. The zero-order chi connectivity index (χ0) is 23.0. The molecule has 6 nitrogen and oxygen atoms in total. The van der Waals surface area contributed by atoms with Gasteiger partial charge >= 0.3 is 0 Å². The highest BCUT2D eigenvalue weighted by Gasteiger charge is 2.16. The van der Waals surface area contributed by atoms with E-state index in [0.29, 0.717) is 29.0 Å². The maximum atomic E-state index is 5.96. The van der Waals surface area contributed by atoms with E-state index in [4.69, 9.17) is 16.7 Å².